The Hall–Kier alpha value is -2.45. The molecule has 1 heterocycles. The van der Waals surface area contributed by atoms with Crippen molar-refractivity contribution >= 4 is 33.5 Å². The highest BCUT2D eigenvalue weighted by atomic mass is 35.5. The Morgan fingerprint density at radius 3 is 2.27 bits per heavy atom. The molecule has 0 saturated carbocycles. The van der Waals surface area contributed by atoms with Gasteiger partial charge in [-0.3, -0.25) is 0 Å². The maximum Gasteiger partial charge on any atom is 0.136 e. The van der Waals surface area contributed by atoms with Crippen molar-refractivity contribution in [3.05, 3.63) is 65.7 Å². The van der Waals surface area contributed by atoms with Crippen LogP contribution in [0.15, 0.2) is 65.1 Å². The fourth-order valence-electron chi connectivity index (χ4n) is 2.92. The van der Waals surface area contributed by atoms with Crippen LogP contribution in [0.25, 0.3) is 33.1 Å². The summed E-state index contributed by atoms with van der Waals surface area (Å²) in [6.45, 7) is 0. The molecule has 0 aliphatic rings. The van der Waals surface area contributed by atoms with E-state index in [2.05, 4.69) is 6.07 Å². The van der Waals surface area contributed by atoms with Crippen molar-refractivity contribution in [2.75, 3.05) is 7.11 Å². The molecule has 1 aromatic heterocycles. The minimum absolute atomic E-state index is 0.693. The SMILES string of the molecule is COc1ccccc1-c1cccc2oc3cccc(Cl)c3c12. The van der Waals surface area contributed by atoms with E-state index in [0.717, 1.165) is 38.8 Å². The lowest BCUT2D eigenvalue weighted by Crippen LogP contribution is -1.87. The molecule has 0 atom stereocenters. The van der Waals surface area contributed by atoms with Gasteiger partial charge in [0.05, 0.1) is 12.1 Å². The van der Waals surface area contributed by atoms with Crippen molar-refractivity contribution in [3.63, 3.8) is 0 Å². The Labute approximate surface area is 132 Å². The average Bonchev–Trinajstić information content (AvgIpc) is 2.94. The average molecular weight is 309 g/mol. The second kappa shape index (κ2) is 5.08. The Morgan fingerprint density at radius 1 is 0.773 bits per heavy atom. The third-order valence-electron chi connectivity index (χ3n) is 3.87. The third kappa shape index (κ3) is 1.88. The van der Waals surface area contributed by atoms with Gasteiger partial charge in [0.15, 0.2) is 0 Å². The third-order valence-corrected chi connectivity index (χ3v) is 4.18. The molecule has 0 aliphatic carbocycles. The van der Waals surface area contributed by atoms with E-state index in [1.54, 1.807) is 7.11 Å². The first-order chi connectivity index (χ1) is 10.8. The summed E-state index contributed by atoms with van der Waals surface area (Å²) in [6.07, 6.45) is 0. The number of rotatable bonds is 2. The van der Waals surface area contributed by atoms with Gasteiger partial charge in [-0.1, -0.05) is 48.0 Å². The minimum Gasteiger partial charge on any atom is -0.496 e. The van der Waals surface area contributed by atoms with Crippen molar-refractivity contribution in [2.24, 2.45) is 0 Å². The molecule has 3 aromatic carbocycles. The van der Waals surface area contributed by atoms with Crippen LogP contribution in [0.5, 0.6) is 5.75 Å². The predicted octanol–water partition coefficient (Wildman–Crippen LogP) is 5.92. The normalized spacial score (nSPS) is 11.2. The van der Waals surface area contributed by atoms with Crippen LogP contribution in [0.1, 0.15) is 0 Å². The van der Waals surface area contributed by atoms with Gasteiger partial charge in [0.25, 0.3) is 0 Å². The molecule has 0 unspecified atom stereocenters. The first kappa shape index (κ1) is 13.2. The molecule has 4 aromatic rings. The molecule has 0 spiro atoms. The minimum atomic E-state index is 0.693. The summed E-state index contributed by atoms with van der Waals surface area (Å²) in [4.78, 5) is 0. The van der Waals surface area contributed by atoms with Crippen LogP contribution in [0.2, 0.25) is 5.02 Å². The van der Waals surface area contributed by atoms with Gasteiger partial charge in [-0.15, -0.1) is 0 Å². The van der Waals surface area contributed by atoms with E-state index in [-0.39, 0.29) is 0 Å². The molecular formula is C19H13ClO2. The van der Waals surface area contributed by atoms with Crippen molar-refractivity contribution in [1.82, 2.24) is 0 Å². The van der Waals surface area contributed by atoms with Gasteiger partial charge in [0.1, 0.15) is 16.9 Å². The Bertz CT molecular complexity index is 985. The highest BCUT2D eigenvalue weighted by Gasteiger charge is 2.16. The smallest absolute Gasteiger partial charge is 0.136 e. The topological polar surface area (TPSA) is 22.4 Å². The quantitative estimate of drug-likeness (QED) is 0.459. The van der Waals surface area contributed by atoms with Gasteiger partial charge >= 0.3 is 0 Å². The maximum atomic E-state index is 6.42. The molecule has 108 valence electrons. The van der Waals surface area contributed by atoms with E-state index in [0.29, 0.717) is 5.02 Å². The monoisotopic (exact) mass is 308 g/mol. The van der Waals surface area contributed by atoms with Crippen LogP contribution >= 0.6 is 11.6 Å². The lowest BCUT2D eigenvalue weighted by Gasteiger charge is -2.09. The summed E-state index contributed by atoms with van der Waals surface area (Å²) in [7, 11) is 1.68. The van der Waals surface area contributed by atoms with Crippen LogP contribution in [-0.4, -0.2) is 7.11 Å². The number of para-hydroxylation sites is 1. The zero-order valence-electron chi connectivity index (χ0n) is 12.0. The highest BCUT2D eigenvalue weighted by Crippen LogP contribution is 2.41. The maximum absolute atomic E-state index is 6.42. The molecule has 0 N–H and O–H groups in total. The molecule has 3 heteroatoms. The van der Waals surface area contributed by atoms with Crippen LogP contribution in [-0.2, 0) is 0 Å². The lowest BCUT2D eigenvalue weighted by atomic mass is 9.98. The van der Waals surface area contributed by atoms with Crippen LogP contribution in [0.4, 0.5) is 0 Å². The fourth-order valence-corrected chi connectivity index (χ4v) is 3.18. The molecule has 22 heavy (non-hydrogen) atoms. The molecule has 0 fully saturated rings. The number of methoxy groups -OCH3 is 1. The summed E-state index contributed by atoms with van der Waals surface area (Å²) < 4.78 is 11.4. The summed E-state index contributed by atoms with van der Waals surface area (Å²) in [6, 6.07) is 19.7. The molecule has 4 rings (SSSR count). The Balaban J connectivity index is 2.17. The lowest BCUT2D eigenvalue weighted by molar-refractivity contribution is 0.416. The molecular weight excluding hydrogens is 296 g/mol. The number of halogens is 1. The van der Waals surface area contributed by atoms with E-state index < -0.39 is 0 Å². The predicted molar refractivity (Wildman–Crippen MR) is 90.7 cm³/mol. The van der Waals surface area contributed by atoms with E-state index in [1.165, 1.54) is 0 Å². The first-order valence-electron chi connectivity index (χ1n) is 7.02. The molecule has 0 amide bonds. The molecule has 2 nitrogen and oxygen atoms in total. The second-order valence-electron chi connectivity index (χ2n) is 5.09. The summed E-state index contributed by atoms with van der Waals surface area (Å²) >= 11 is 6.42. The number of benzene rings is 3. The molecule has 0 radical (unpaired) electrons. The number of fused-ring (bicyclic) bond motifs is 3. The van der Waals surface area contributed by atoms with Gasteiger partial charge in [0.2, 0.25) is 0 Å². The summed E-state index contributed by atoms with van der Waals surface area (Å²) in [5.74, 6) is 0.830. The van der Waals surface area contributed by atoms with Crippen LogP contribution in [0, 0.1) is 0 Å². The van der Waals surface area contributed by atoms with E-state index in [9.17, 15) is 0 Å². The van der Waals surface area contributed by atoms with E-state index in [4.69, 9.17) is 20.8 Å². The summed E-state index contributed by atoms with van der Waals surface area (Å²) in [5.41, 5.74) is 3.70. The van der Waals surface area contributed by atoms with Crippen molar-refractivity contribution in [3.8, 4) is 16.9 Å². The van der Waals surface area contributed by atoms with Gasteiger partial charge in [0, 0.05) is 16.3 Å². The standard InChI is InChI=1S/C19H13ClO2/c1-21-15-9-3-2-6-12(15)13-7-4-10-16-18(13)19-14(20)8-5-11-17(19)22-16/h2-11H,1H3. The molecule has 0 saturated heterocycles. The van der Waals surface area contributed by atoms with Gasteiger partial charge < -0.3 is 9.15 Å². The zero-order chi connectivity index (χ0) is 15.1. The summed E-state index contributed by atoms with van der Waals surface area (Å²) in [5, 5.41) is 2.66. The second-order valence-corrected chi connectivity index (χ2v) is 5.50. The Kier molecular flexibility index (Phi) is 3.05. The first-order valence-corrected chi connectivity index (χ1v) is 7.40. The van der Waals surface area contributed by atoms with Crippen LogP contribution in [0.3, 0.4) is 0 Å². The van der Waals surface area contributed by atoms with Crippen molar-refractivity contribution in [1.29, 1.82) is 0 Å². The van der Waals surface area contributed by atoms with Gasteiger partial charge in [-0.2, -0.15) is 0 Å². The van der Waals surface area contributed by atoms with Crippen molar-refractivity contribution in [2.45, 2.75) is 0 Å². The number of hydrogen-bond donors (Lipinski definition) is 0. The highest BCUT2D eigenvalue weighted by molar-refractivity contribution is 6.38. The molecule has 0 bridgehead atoms. The zero-order valence-corrected chi connectivity index (χ0v) is 12.7. The van der Waals surface area contributed by atoms with Crippen molar-refractivity contribution < 1.29 is 9.15 Å². The number of hydrogen-bond acceptors (Lipinski definition) is 2. The number of furan rings is 1. The largest absolute Gasteiger partial charge is 0.496 e. The Morgan fingerprint density at radius 2 is 1.45 bits per heavy atom. The van der Waals surface area contributed by atoms with E-state index in [1.807, 2.05) is 54.6 Å². The number of ether oxygens (including phenoxy) is 1. The van der Waals surface area contributed by atoms with E-state index >= 15 is 0 Å². The van der Waals surface area contributed by atoms with Gasteiger partial charge in [-0.05, 0) is 29.8 Å². The molecule has 0 aliphatic heterocycles. The van der Waals surface area contributed by atoms with Crippen LogP contribution < -0.4 is 4.74 Å². The van der Waals surface area contributed by atoms with Gasteiger partial charge in [-0.25, -0.2) is 0 Å². The fraction of sp³-hybridized carbons (Fsp3) is 0.0526.